The summed E-state index contributed by atoms with van der Waals surface area (Å²) in [5.74, 6) is -0.00804. The number of aromatic nitrogens is 2. The number of carbonyl (C=O) groups excluding carboxylic acids is 1. The van der Waals surface area contributed by atoms with Crippen molar-refractivity contribution in [3.63, 3.8) is 0 Å². The number of rotatable bonds is 15. The van der Waals surface area contributed by atoms with Gasteiger partial charge in [-0.1, -0.05) is 41.0 Å². The Hall–Kier alpha value is -1.76. The number of carbonyl (C=O) groups is 1. The van der Waals surface area contributed by atoms with Gasteiger partial charge in [0, 0.05) is 5.92 Å². The van der Waals surface area contributed by atoms with Gasteiger partial charge in [0.2, 0.25) is 0 Å². The van der Waals surface area contributed by atoms with E-state index in [9.17, 15) is 17.8 Å². The number of nitrogens with zero attached hydrogens (tertiary/aromatic N) is 2. The molecule has 0 aliphatic heterocycles. The van der Waals surface area contributed by atoms with Crippen LogP contribution >= 0.6 is 0 Å². The molecule has 0 bridgehead atoms. The Kier molecular flexibility index (Phi) is 13.7. The van der Waals surface area contributed by atoms with Crippen LogP contribution in [0, 0.1) is 5.92 Å². The molecule has 10 nitrogen and oxygen atoms in total. The average Bonchev–Trinajstić information content (AvgIpc) is 2.74. The molecular weight excluding hydrogens is 562 g/mol. The predicted octanol–water partition coefficient (Wildman–Crippen LogP) is 6.74. The van der Waals surface area contributed by atoms with Crippen molar-refractivity contribution >= 4 is 24.5 Å². The molecule has 0 aliphatic rings. The van der Waals surface area contributed by atoms with Gasteiger partial charge in [-0.3, -0.25) is 4.55 Å². The molecule has 1 aromatic rings. The quantitative estimate of drug-likeness (QED) is 0.162. The minimum Gasteiger partial charge on any atom is -0.488 e. The maximum absolute atomic E-state index is 12.8. The molecule has 3 atom stereocenters. The van der Waals surface area contributed by atoms with E-state index in [1.165, 1.54) is 12.4 Å². The van der Waals surface area contributed by atoms with Gasteiger partial charge in [0.1, 0.15) is 11.4 Å². The highest BCUT2D eigenvalue weighted by atomic mass is 32.2. The van der Waals surface area contributed by atoms with E-state index in [4.69, 9.17) is 13.9 Å². The van der Waals surface area contributed by atoms with Gasteiger partial charge in [0.25, 0.3) is 10.1 Å². The SMILES string of the molecule is CC(C)C[C@@H](NC(=O)OC(C)(C)C)C(CCCC(CS(=O)(=O)O)c1ncc(OC(C)C)cn1)O[Si](C)(C)C(C)(C)C. The highest BCUT2D eigenvalue weighted by Gasteiger charge is 2.41. The van der Waals surface area contributed by atoms with Crippen molar-refractivity contribution in [3.8, 4) is 5.75 Å². The Bertz CT molecular complexity index is 1050. The molecule has 0 saturated heterocycles. The van der Waals surface area contributed by atoms with Gasteiger partial charge in [-0.05, 0) is 77.9 Å². The minimum absolute atomic E-state index is 0.0519. The van der Waals surface area contributed by atoms with Crippen molar-refractivity contribution in [1.82, 2.24) is 15.3 Å². The highest BCUT2D eigenvalue weighted by molar-refractivity contribution is 7.85. The van der Waals surface area contributed by atoms with Crippen LogP contribution < -0.4 is 10.1 Å². The first kappa shape index (κ1) is 37.3. The zero-order chi connectivity index (χ0) is 31.8. The van der Waals surface area contributed by atoms with Crippen LogP contribution in [0.5, 0.6) is 5.75 Å². The summed E-state index contributed by atoms with van der Waals surface area (Å²) >= 11 is 0. The average molecular weight is 618 g/mol. The Morgan fingerprint density at radius 3 is 2.02 bits per heavy atom. The maximum Gasteiger partial charge on any atom is 0.407 e. The van der Waals surface area contributed by atoms with E-state index in [1.54, 1.807) is 0 Å². The summed E-state index contributed by atoms with van der Waals surface area (Å²) in [5, 5.41) is 3.02. The second-order valence-electron chi connectivity index (χ2n) is 14.1. The lowest BCUT2D eigenvalue weighted by atomic mass is 9.94. The molecule has 0 radical (unpaired) electrons. The van der Waals surface area contributed by atoms with Crippen LogP contribution in [-0.2, 0) is 19.3 Å². The molecule has 0 saturated carbocycles. The molecule has 1 amide bonds. The summed E-state index contributed by atoms with van der Waals surface area (Å²) in [6.45, 7) is 24.3. The van der Waals surface area contributed by atoms with Crippen LogP contribution in [-0.4, -0.2) is 67.0 Å². The summed E-state index contributed by atoms with van der Waals surface area (Å²) < 4.78 is 51.5. The van der Waals surface area contributed by atoms with Gasteiger partial charge in [-0.25, -0.2) is 14.8 Å². The highest BCUT2D eigenvalue weighted by Crippen LogP contribution is 2.39. The molecule has 0 spiro atoms. The summed E-state index contributed by atoms with van der Waals surface area (Å²) in [6, 6.07) is -0.303. The first-order valence-corrected chi connectivity index (χ1v) is 19.1. The number of hydrogen-bond acceptors (Lipinski definition) is 8. The monoisotopic (exact) mass is 617 g/mol. The van der Waals surface area contributed by atoms with Crippen molar-refractivity contribution in [2.45, 2.75) is 143 Å². The van der Waals surface area contributed by atoms with Crippen LogP contribution in [0.25, 0.3) is 0 Å². The van der Waals surface area contributed by atoms with Gasteiger partial charge in [-0.2, -0.15) is 8.42 Å². The number of alkyl carbamates (subject to hydrolysis) is 1. The lowest BCUT2D eigenvalue weighted by Crippen LogP contribution is -2.52. The molecule has 1 rings (SSSR count). The van der Waals surface area contributed by atoms with Gasteiger partial charge in [0.05, 0.1) is 36.4 Å². The van der Waals surface area contributed by atoms with E-state index in [0.29, 0.717) is 37.3 Å². The van der Waals surface area contributed by atoms with E-state index in [0.717, 1.165) is 0 Å². The zero-order valence-electron chi connectivity index (χ0n) is 27.3. The third kappa shape index (κ3) is 14.8. The molecule has 0 aliphatic carbocycles. The minimum atomic E-state index is -4.27. The summed E-state index contributed by atoms with van der Waals surface area (Å²) in [7, 11) is -6.52. The summed E-state index contributed by atoms with van der Waals surface area (Å²) in [6.07, 6.45) is 4.40. The van der Waals surface area contributed by atoms with E-state index in [-0.39, 0.29) is 29.2 Å². The molecule has 2 unspecified atom stereocenters. The third-order valence-electron chi connectivity index (χ3n) is 6.97. The molecular formula is C29H55N3O7SSi. The van der Waals surface area contributed by atoms with Gasteiger partial charge in [-0.15, -0.1) is 0 Å². The first-order valence-electron chi connectivity index (χ1n) is 14.6. The van der Waals surface area contributed by atoms with Crippen molar-refractivity contribution in [2.75, 3.05) is 5.75 Å². The van der Waals surface area contributed by atoms with Crippen LogP contribution in [0.15, 0.2) is 12.4 Å². The summed E-state index contributed by atoms with van der Waals surface area (Å²) in [5.41, 5.74) is -0.638. The lowest BCUT2D eigenvalue weighted by molar-refractivity contribution is 0.0404. The maximum atomic E-state index is 12.8. The van der Waals surface area contributed by atoms with Crippen LogP contribution in [0.3, 0.4) is 0 Å². The fourth-order valence-corrected chi connectivity index (χ4v) is 6.36. The molecule has 1 heterocycles. The first-order chi connectivity index (χ1) is 18.5. The zero-order valence-corrected chi connectivity index (χ0v) is 29.1. The fraction of sp³-hybridized carbons (Fsp3) is 0.828. The summed E-state index contributed by atoms with van der Waals surface area (Å²) in [4.78, 5) is 21.5. The molecule has 0 fully saturated rings. The topological polar surface area (TPSA) is 137 Å². The molecule has 0 aromatic carbocycles. The van der Waals surface area contributed by atoms with Crippen molar-refractivity contribution in [1.29, 1.82) is 0 Å². The molecule has 12 heteroatoms. The normalized spacial score (nSPS) is 15.5. The van der Waals surface area contributed by atoms with Crippen molar-refractivity contribution < 1.29 is 31.7 Å². The number of hydrogen-bond donors (Lipinski definition) is 2. The number of ether oxygens (including phenoxy) is 2. The smallest absolute Gasteiger partial charge is 0.407 e. The van der Waals surface area contributed by atoms with E-state index < -0.39 is 41.8 Å². The number of amides is 1. The molecule has 41 heavy (non-hydrogen) atoms. The predicted molar refractivity (Wildman–Crippen MR) is 165 cm³/mol. The fourth-order valence-electron chi connectivity index (χ4n) is 4.14. The Morgan fingerprint density at radius 1 is 1.02 bits per heavy atom. The molecule has 238 valence electrons. The Balaban J connectivity index is 3.26. The van der Waals surface area contributed by atoms with Gasteiger partial charge >= 0.3 is 6.09 Å². The van der Waals surface area contributed by atoms with E-state index in [2.05, 4.69) is 63.0 Å². The second-order valence-corrected chi connectivity index (χ2v) is 20.4. The van der Waals surface area contributed by atoms with Crippen LogP contribution in [0.4, 0.5) is 4.79 Å². The largest absolute Gasteiger partial charge is 0.488 e. The van der Waals surface area contributed by atoms with Gasteiger partial charge < -0.3 is 19.2 Å². The van der Waals surface area contributed by atoms with Crippen molar-refractivity contribution in [2.24, 2.45) is 5.92 Å². The second kappa shape index (κ2) is 15.1. The third-order valence-corrected chi connectivity index (χ3v) is 12.3. The van der Waals surface area contributed by atoms with E-state index >= 15 is 0 Å². The Morgan fingerprint density at radius 2 is 1.59 bits per heavy atom. The van der Waals surface area contributed by atoms with Crippen LogP contribution in [0.1, 0.15) is 107 Å². The van der Waals surface area contributed by atoms with Crippen LogP contribution in [0.2, 0.25) is 18.1 Å². The standard InChI is InChI=1S/C29H55N3O7SSi/c1-20(2)16-24(32-27(33)38-28(5,6)7)25(39-41(11,12)29(8,9)10)15-13-14-22(19-40(34,35)36)26-30-17-23(18-31-26)37-21(3)4/h17-18,20-22,24-25H,13-16,19H2,1-12H3,(H,32,33)(H,34,35,36)/t22?,24-,25?/m1/s1. The number of nitrogens with one attached hydrogen (secondary N) is 1. The molecule has 1 aromatic heterocycles. The van der Waals surface area contributed by atoms with E-state index in [1.807, 2.05) is 34.6 Å². The van der Waals surface area contributed by atoms with Gasteiger partial charge in [0.15, 0.2) is 14.1 Å². The van der Waals surface area contributed by atoms with Crippen molar-refractivity contribution in [3.05, 3.63) is 18.2 Å². The Labute approximate surface area is 249 Å². The lowest BCUT2D eigenvalue weighted by Gasteiger charge is -2.42. The molecule has 2 N–H and O–H groups in total.